The number of fused-ring (bicyclic) bond motifs is 11. The van der Waals surface area contributed by atoms with Crippen molar-refractivity contribution < 1.29 is 0 Å². The third-order valence-electron chi connectivity index (χ3n) is 12.6. The Bertz CT molecular complexity index is 3840. The van der Waals surface area contributed by atoms with Crippen molar-refractivity contribution in [2.75, 3.05) is 0 Å². The van der Waals surface area contributed by atoms with Gasteiger partial charge in [-0.1, -0.05) is 133 Å². The lowest BCUT2D eigenvalue weighted by Crippen LogP contribution is -1.96. The van der Waals surface area contributed by atoms with Gasteiger partial charge in [-0.25, -0.2) is 0 Å². The number of hydrogen-bond donors (Lipinski definition) is 0. The third kappa shape index (κ3) is 4.70. The van der Waals surface area contributed by atoms with Gasteiger partial charge in [-0.2, -0.15) is 0 Å². The number of nitrogens with zero attached hydrogens (tertiary/aromatic N) is 3. The largest absolute Gasteiger partial charge is 0.309 e. The highest BCUT2D eigenvalue weighted by atomic mass is 15.0. The maximum absolute atomic E-state index is 2.47. The zero-order valence-electron chi connectivity index (χ0n) is 32.0. The summed E-state index contributed by atoms with van der Waals surface area (Å²) in [6.45, 7) is 0. The van der Waals surface area contributed by atoms with Gasteiger partial charge in [0.05, 0.1) is 38.8 Å². The Morgan fingerprint density at radius 3 is 1.47 bits per heavy atom. The summed E-state index contributed by atoms with van der Waals surface area (Å²) in [7, 11) is 0. The summed E-state index contributed by atoms with van der Waals surface area (Å²) in [6, 6.07) is 78.1. The highest BCUT2D eigenvalue weighted by Gasteiger charge is 2.20. The normalized spacial score (nSPS) is 12.1. The van der Waals surface area contributed by atoms with Crippen LogP contribution in [0.1, 0.15) is 0 Å². The fourth-order valence-electron chi connectivity index (χ4n) is 9.93. The molecule has 3 nitrogen and oxygen atoms in total. The van der Waals surface area contributed by atoms with Crippen molar-refractivity contribution in [1.82, 2.24) is 13.7 Å². The van der Waals surface area contributed by atoms with Crippen LogP contribution in [0.5, 0.6) is 0 Å². The first-order valence-corrected chi connectivity index (χ1v) is 20.3. The first kappa shape index (κ1) is 32.2. The van der Waals surface area contributed by atoms with Crippen LogP contribution in [0.4, 0.5) is 0 Å². The monoisotopic (exact) mass is 749 g/mol. The Hall–Kier alpha value is -7.88. The van der Waals surface area contributed by atoms with Gasteiger partial charge in [0.1, 0.15) is 0 Å². The molecule has 0 radical (unpaired) electrons. The molecule has 0 aliphatic heterocycles. The second-order valence-electron chi connectivity index (χ2n) is 15.8. The van der Waals surface area contributed by atoms with E-state index in [1.165, 1.54) is 104 Å². The summed E-state index contributed by atoms with van der Waals surface area (Å²) in [5.74, 6) is 0. The molecule has 0 aliphatic rings. The molecule has 59 heavy (non-hydrogen) atoms. The molecule has 13 rings (SSSR count). The van der Waals surface area contributed by atoms with Crippen LogP contribution in [-0.4, -0.2) is 13.7 Å². The van der Waals surface area contributed by atoms with Crippen molar-refractivity contribution in [3.8, 4) is 28.2 Å². The smallest absolute Gasteiger partial charge is 0.0562 e. The lowest BCUT2D eigenvalue weighted by Gasteiger charge is -2.12. The first-order valence-electron chi connectivity index (χ1n) is 20.3. The fraction of sp³-hybridized carbons (Fsp3) is 0. The van der Waals surface area contributed by atoms with Gasteiger partial charge >= 0.3 is 0 Å². The Morgan fingerprint density at radius 2 is 0.729 bits per heavy atom. The van der Waals surface area contributed by atoms with Crippen LogP contribution in [0.15, 0.2) is 212 Å². The lowest BCUT2D eigenvalue weighted by molar-refractivity contribution is 1.17. The zero-order valence-corrected chi connectivity index (χ0v) is 32.0. The van der Waals surface area contributed by atoms with E-state index in [-0.39, 0.29) is 0 Å². The van der Waals surface area contributed by atoms with Crippen molar-refractivity contribution in [3.05, 3.63) is 212 Å². The van der Waals surface area contributed by atoms with Crippen molar-refractivity contribution in [2.45, 2.75) is 0 Å². The van der Waals surface area contributed by atoms with E-state index >= 15 is 0 Å². The van der Waals surface area contributed by atoms with Crippen LogP contribution in [0.3, 0.4) is 0 Å². The van der Waals surface area contributed by atoms with Gasteiger partial charge in [0, 0.05) is 49.1 Å². The molecule has 0 fully saturated rings. The average molecular weight is 750 g/mol. The van der Waals surface area contributed by atoms with Crippen LogP contribution in [0, 0.1) is 0 Å². The number of benzene rings is 10. The van der Waals surface area contributed by atoms with Crippen molar-refractivity contribution >= 4 is 87.0 Å². The quantitative estimate of drug-likeness (QED) is 0.170. The molecule has 3 heterocycles. The summed E-state index contributed by atoms with van der Waals surface area (Å²) in [5, 5.41) is 12.4. The standard InChI is InChI=1S/C56H35N3/c1-2-17-41(18-3-1)57-51-22-10-8-21-45(51)48-34-49-47-33-40(26-29-53(47)58(56(49)35-55(48)57)42-28-25-36-13-4-5-15-38(36)31-42)39-27-30-54-46(32-39)44-20-9-11-23-52(44)59(54)50-24-12-16-37-14-6-7-19-43(37)50/h1-35H. The van der Waals surface area contributed by atoms with Crippen molar-refractivity contribution in [3.63, 3.8) is 0 Å². The summed E-state index contributed by atoms with van der Waals surface area (Å²) in [5.41, 5.74) is 13.1. The van der Waals surface area contributed by atoms with Crippen LogP contribution >= 0.6 is 0 Å². The molecule has 0 amide bonds. The van der Waals surface area contributed by atoms with Crippen LogP contribution in [-0.2, 0) is 0 Å². The molecule has 10 aromatic carbocycles. The lowest BCUT2D eigenvalue weighted by atomic mass is 10.00. The maximum atomic E-state index is 2.47. The molecule has 0 bridgehead atoms. The summed E-state index contributed by atoms with van der Waals surface area (Å²) in [4.78, 5) is 0. The molecule has 0 saturated heterocycles. The van der Waals surface area contributed by atoms with Gasteiger partial charge in [-0.3, -0.25) is 0 Å². The second kappa shape index (κ2) is 12.3. The van der Waals surface area contributed by atoms with Gasteiger partial charge < -0.3 is 13.7 Å². The van der Waals surface area contributed by atoms with Crippen LogP contribution < -0.4 is 0 Å². The predicted molar refractivity (Wildman–Crippen MR) is 250 cm³/mol. The topological polar surface area (TPSA) is 14.8 Å². The number of rotatable bonds is 4. The maximum Gasteiger partial charge on any atom is 0.0562 e. The van der Waals surface area contributed by atoms with Gasteiger partial charge in [0.15, 0.2) is 0 Å². The minimum Gasteiger partial charge on any atom is -0.309 e. The molecule has 13 aromatic rings. The van der Waals surface area contributed by atoms with E-state index in [9.17, 15) is 0 Å². The molecule has 0 spiro atoms. The SMILES string of the molecule is c1ccc(-n2c3ccccc3c3cc4c5cc(-c6ccc7c(c6)c6ccccc6n7-c6cccc7ccccc67)ccc5n(-c5ccc6ccccc6c5)c4cc32)cc1. The number of aromatic nitrogens is 3. The molecule has 3 heteroatoms. The van der Waals surface area contributed by atoms with Gasteiger partial charge in [-0.15, -0.1) is 0 Å². The summed E-state index contributed by atoms with van der Waals surface area (Å²) < 4.78 is 7.32. The Kier molecular flexibility index (Phi) is 6.72. The van der Waals surface area contributed by atoms with E-state index in [4.69, 9.17) is 0 Å². The van der Waals surface area contributed by atoms with Crippen LogP contribution in [0.2, 0.25) is 0 Å². The molecule has 3 aromatic heterocycles. The predicted octanol–water partition coefficient (Wildman–Crippen LogP) is 15.0. The van der Waals surface area contributed by atoms with E-state index in [0.717, 1.165) is 11.4 Å². The third-order valence-corrected chi connectivity index (χ3v) is 12.6. The Labute approximate surface area is 339 Å². The molecule has 0 atom stereocenters. The molecule has 0 N–H and O–H groups in total. The Balaban J connectivity index is 1.08. The molecule has 0 saturated carbocycles. The van der Waals surface area contributed by atoms with Crippen LogP contribution in [0.25, 0.3) is 115 Å². The number of hydrogen-bond acceptors (Lipinski definition) is 0. The molecule has 274 valence electrons. The van der Waals surface area contributed by atoms with E-state index < -0.39 is 0 Å². The number of para-hydroxylation sites is 3. The highest BCUT2D eigenvalue weighted by Crippen LogP contribution is 2.42. The fourth-order valence-corrected chi connectivity index (χ4v) is 9.93. The second-order valence-corrected chi connectivity index (χ2v) is 15.8. The van der Waals surface area contributed by atoms with E-state index in [2.05, 4.69) is 226 Å². The van der Waals surface area contributed by atoms with Crippen molar-refractivity contribution in [1.29, 1.82) is 0 Å². The summed E-state index contributed by atoms with van der Waals surface area (Å²) in [6.07, 6.45) is 0. The molecular formula is C56H35N3. The van der Waals surface area contributed by atoms with E-state index in [0.29, 0.717) is 0 Å². The van der Waals surface area contributed by atoms with Gasteiger partial charge in [0.2, 0.25) is 0 Å². The van der Waals surface area contributed by atoms with E-state index in [1.807, 2.05) is 0 Å². The highest BCUT2D eigenvalue weighted by molar-refractivity contribution is 6.20. The molecule has 0 unspecified atom stereocenters. The van der Waals surface area contributed by atoms with Gasteiger partial charge in [-0.05, 0) is 106 Å². The summed E-state index contributed by atoms with van der Waals surface area (Å²) >= 11 is 0. The molecule has 0 aliphatic carbocycles. The van der Waals surface area contributed by atoms with Gasteiger partial charge in [0.25, 0.3) is 0 Å². The first-order chi connectivity index (χ1) is 29.3. The molecular weight excluding hydrogens is 715 g/mol. The Morgan fingerprint density at radius 1 is 0.220 bits per heavy atom. The zero-order chi connectivity index (χ0) is 38.6. The minimum absolute atomic E-state index is 1.15. The van der Waals surface area contributed by atoms with Crippen molar-refractivity contribution in [2.24, 2.45) is 0 Å². The van der Waals surface area contributed by atoms with E-state index in [1.54, 1.807) is 0 Å². The average Bonchev–Trinajstić information content (AvgIpc) is 3.92. The minimum atomic E-state index is 1.15.